The summed E-state index contributed by atoms with van der Waals surface area (Å²) in [6.07, 6.45) is 2.45. The molecule has 3 unspecified atom stereocenters. The molecule has 1 aromatic carbocycles. The van der Waals surface area contributed by atoms with Crippen molar-refractivity contribution in [2.75, 3.05) is 19.3 Å². The van der Waals surface area contributed by atoms with E-state index < -0.39 is 6.04 Å². The molecule has 2 N–H and O–H groups in total. The highest BCUT2D eigenvalue weighted by Crippen LogP contribution is 2.29. The Morgan fingerprint density at radius 1 is 1.29 bits per heavy atom. The van der Waals surface area contributed by atoms with Gasteiger partial charge in [-0.05, 0) is 41.7 Å². The molecule has 6 heteroatoms. The van der Waals surface area contributed by atoms with Gasteiger partial charge in [-0.1, -0.05) is 64.6 Å². The Morgan fingerprint density at radius 2 is 1.94 bits per heavy atom. The molecule has 31 heavy (non-hydrogen) atoms. The van der Waals surface area contributed by atoms with Crippen LogP contribution in [0.5, 0.6) is 0 Å². The molecule has 0 aliphatic carbocycles. The number of thioether (sulfide) groups is 1. The number of likely N-dealkylation sites (N-methyl/N-ethyl adjacent to an activating group) is 1. The molecular formula is C25H37N3O2S. The van der Waals surface area contributed by atoms with E-state index in [1.54, 1.807) is 23.7 Å². The Balaban J connectivity index is 2.07. The Hall–Kier alpha value is -2.05. The van der Waals surface area contributed by atoms with Crippen LogP contribution >= 0.6 is 11.8 Å². The maximum atomic E-state index is 13.3. The minimum atomic E-state index is -0.478. The molecule has 1 aliphatic rings. The normalized spacial score (nSPS) is 19.7. The number of carbonyl (C=O) groups excluding carboxylic acids is 2. The second kappa shape index (κ2) is 11.0. The van der Waals surface area contributed by atoms with Gasteiger partial charge in [0.05, 0.1) is 6.04 Å². The van der Waals surface area contributed by atoms with E-state index in [1.807, 2.05) is 51.1 Å². The fraction of sp³-hybridized carbons (Fsp3) is 0.520. The van der Waals surface area contributed by atoms with Crippen molar-refractivity contribution in [1.29, 1.82) is 0 Å². The highest BCUT2D eigenvalue weighted by Gasteiger charge is 2.43. The zero-order valence-corrected chi connectivity index (χ0v) is 20.3. The number of likely N-dealkylation sites (tertiary alicyclic amines) is 1. The summed E-state index contributed by atoms with van der Waals surface area (Å²) in [5, 5.41) is 6.16. The summed E-state index contributed by atoms with van der Waals surface area (Å²) in [6, 6.07) is 7.26. The van der Waals surface area contributed by atoms with Gasteiger partial charge in [0, 0.05) is 18.0 Å². The molecular weight excluding hydrogens is 406 g/mol. The van der Waals surface area contributed by atoms with Gasteiger partial charge in [-0.2, -0.15) is 0 Å². The van der Waals surface area contributed by atoms with Crippen molar-refractivity contribution in [3.05, 3.63) is 54.6 Å². The Labute approximate surface area is 191 Å². The molecule has 0 saturated carbocycles. The van der Waals surface area contributed by atoms with E-state index in [0.29, 0.717) is 19.5 Å². The number of nitrogens with zero attached hydrogens (tertiary/aromatic N) is 1. The van der Waals surface area contributed by atoms with E-state index in [1.165, 1.54) is 0 Å². The van der Waals surface area contributed by atoms with Crippen LogP contribution in [-0.2, 0) is 16.1 Å². The Bertz CT molecular complexity index is 798. The van der Waals surface area contributed by atoms with Crippen LogP contribution in [0, 0.1) is 11.3 Å². The first kappa shape index (κ1) is 25.2. The number of amides is 2. The summed E-state index contributed by atoms with van der Waals surface area (Å²) >= 11 is 1.72. The first-order valence-corrected chi connectivity index (χ1v) is 11.9. The lowest BCUT2D eigenvalue weighted by Gasteiger charge is -2.34. The van der Waals surface area contributed by atoms with E-state index in [2.05, 4.69) is 30.7 Å². The summed E-state index contributed by atoms with van der Waals surface area (Å²) < 4.78 is 0. The Morgan fingerprint density at radius 3 is 2.45 bits per heavy atom. The molecule has 0 bridgehead atoms. The molecule has 5 nitrogen and oxygen atoms in total. The van der Waals surface area contributed by atoms with E-state index in [9.17, 15) is 9.59 Å². The topological polar surface area (TPSA) is 61.4 Å². The monoisotopic (exact) mass is 443 g/mol. The summed E-state index contributed by atoms with van der Waals surface area (Å²) in [6.45, 7) is 17.1. The summed E-state index contributed by atoms with van der Waals surface area (Å²) in [4.78, 5) is 29.1. The van der Waals surface area contributed by atoms with Crippen LogP contribution in [0.4, 0.5) is 0 Å². The van der Waals surface area contributed by atoms with Gasteiger partial charge in [0.25, 0.3) is 0 Å². The summed E-state index contributed by atoms with van der Waals surface area (Å²) in [5.74, 6) is 0.966. The van der Waals surface area contributed by atoms with Crippen LogP contribution < -0.4 is 10.6 Å². The summed E-state index contributed by atoms with van der Waals surface area (Å²) in [7, 11) is 1.79. The van der Waals surface area contributed by atoms with Gasteiger partial charge >= 0.3 is 0 Å². The lowest BCUT2D eigenvalue weighted by molar-refractivity contribution is -0.142. The second-order valence-electron chi connectivity index (χ2n) is 9.10. The quantitative estimate of drug-likeness (QED) is 0.565. The van der Waals surface area contributed by atoms with Gasteiger partial charge in [-0.15, -0.1) is 18.3 Å². The lowest BCUT2D eigenvalue weighted by atomic mass is 9.86. The summed E-state index contributed by atoms with van der Waals surface area (Å²) in [5.41, 5.74) is 1.87. The molecule has 0 aromatic heterocycles. The number of hydrogen-bond acceptors (Lipinski definition) is 4. The van der Waals surface area contributed by atoms with Gasteiger partial charge in [0.2, 0.25) is 11.8 Å². The molecule has 1 heterocycles. The van der Waals surface area contributed by atoms with Gasteiger partial charge in [0.15, 0.2) is 0 Å². The first-order chi connectivity index (χ1) is 14.6. The highest BCUT2D eigenvalue weighted by atomic mass is 32.2. The maximum Gasteiger partial charge on any atom is 0.243 e. The van der Waals surface area contributed by atoms with Crippen molar-refractivity contribution in [2.45, 2.75) is 52.7 Å². The molecule has 1 aromatic rings. The van der Waals surface area contributed by atoms with Crippen LogP contribution in [-0.4, -0.2) is 48.1 Å². The van der Waals surface area contributed by atoms with E-state index >= 15 is 0 Å². The SMILES string of the molecule is C=CC1CC(C(=O)NCc2ccc(C(=C)SCC)cc2)N(C(=O)C(NC)C(C)(C)C)C1. The van der Waals surface area contributed by atoms with Crippen molar-refractivity contribution >= 4 is 28.5 Å². The van der Waals surface area contributed by atoms with Crippen molar-refractivity contribution in [1.82, 2.24) is 15.5 Å². The predicted octanol–water partition coefficient (Wildman–Crippen LogP) is 4.06. The average molecular weight is 444 g/mol. The predicted molar refractivity (Wildman–Crippen MR) is 132 cm³/mol. The average Bonchev–Trinajstić information content (AvgIpc) is 3.16. The van der Waals surface area contributed by atoms with Crippen molar-refractivity contribution in [2.24, 2.45) is 11.3 Å². The van der Waals surface area contributed by atoms with Crippen molar-refractivity contribution in [3.63, 3.8) is 0 Å². The molecule has 2 rings (SSSR count). The number of rotatable bonds is 9. The van der Waals surface area contributed by atoms with Gasteiger partial charge < -0.3 is 15.5 Å². The second-order valence-corrected chi connectivity index (χ2v) is 10.5. The largest absolute Gasteiger partial charge is 0.350 e. The number of carbonyl (C=O) groups is 2. The molecule has 170 valence electrons. The van der Waals surface area contributed by atoms with Crippen LogP contribution in [0.25, 0.3) is 4.91 Å². The van der Waals surface area contributed by atoms with Crippen LogP contribution in [0.3, 0.4) is 0 Å². The molecule has 0 spiro atoms. The van der Waals surface area contributed by atoms with E-state index in [4.69, 9.17) is 0 Å². The Kier molecular flexibility index (Phi) is 8.95. The van der Waals surface area contributed by atoms with Crippen molar-refractivity contribution in [3.8, 4) is 0 Å². The molecule has 2 amide bonds. The van der Waals surface area contributed by atoms with Crippen LogP contribution in [0.15, 0.2) is 43.5 Å². The van der Waals surface area contributed by atoms with Gasteiger partial charge in [0.1, 0.15) is 6.04 Å². The smallest absolute Gasteiger partial charge is 0.243 e. The molecule has 1 saturated heterocycles. The zero-order valence-electron chi connectivity index (χ0n) is 19.5. The molecule has 1 fully saturated rings. The number of nitrogens with one attached hydrogen (secondary N) is 2. The van der Waals surface area contributed by atoms with E-state index in [0.717, 1.165) is 21.8 Å². The van der Waals surface area contributed by atoms with Gasteiger partial charge in [-0.3, -0.25) is 9.59 Å². The minimum Gasteiger partial charge on any atom is -0.350 e. The van der Waals surface area contributed by atoms with E-state index in [-0.39, 0.29) is 29.2 Å². The van der Waals surface area contributed by atoms with Crippen LogP contribution in [0.1, 0.15) is 45.2 Å². The number of hydrogen-bond donors (Lipinski definition) is 2. The zero-order chi connectivity index (χ0) is 23.2. The minimum absolute atomic E-state index is 0.0317. The standard InChI is InChI=1S/C25H37N3O2S/c1-8-18-14-21(28(16-18)24(30)22(26-7)25(4,5)6)23(29)27-15-19-10-12-20(13-11-19)17(3)31-9-2/h8,10-13,18,21-22,26H,1,3,9,14-16H2,2,4-7H3,(H,27,29). The molecule has 1 aliphatic heterocycles. The molecule has 3 atom stereocenters. The third kappa shape index (κ3) is 6.47. The molecule has 0 radical (unpaired) electrons. The fourth-order valence-electron chi connectivity index (χ4n) is 4.00. The van der Waals surface area contributed by atoms with Crippen LogP contribution in [0.2, 0.25) is 0 Å². The number of benzene rings is 1. The van der Waals surface area contributed by atoms with Crippen molar-refractivity contribution < 1.29 is 9.59 Å². The highest BCUT2D eigenvalue weighted by molar-refractivity contribution is 8.08. The third-order valence-corrected chi connectivity index (χ3v) is 6.59. The fourth-order valence-corrected chi connectivity index (χ4v) is 4.65. The lowest BCUT2D eigenvalue weighted by Crippen LogP contribution is -2.55. The third-order valence-electron chi connectivity index (χ3n) is 5.72. The van der Waals surface area contributed by atoms with Gasteiger partial charge in [-0.25, -0.2) is 0 Å². The maximum absolute atomic E-state index is 13.3. The first-order valence-electron chi connectivity index (χ1n) is 10.9.